The van der Waals surface area contributed by atoms with Crippen LogP contribution >= 0.6 is 11.3 Å². The van der Waals surface area contributed by atoms with E-state index in [1.54, 1.807) is 17.9 Å². The lowest BCUT2D eigenvalue weighted by molar-refractivity contribution is -0.115. The number of aromatic nitrogens is 1. The number of hydrogen-bond donors (Lipinski definition) is 1. The molecule has 0 bridgehead atoms. The van der Waals surface area contributed by atoms with Crippen LogP contribution in [0.1, 0.15) is 18.2 Å². The molecule has 0 atom stereocenters. The number of nitrogens with zero attached hydrogens (tertiary/aromatic N) is 4. The molecule has 0 spiro atoms. The summed E-state index contributed by atoms with van der Waals surface area (Å²) in [6.07, 6.45) is 0. The number of carbonyl (C=O) groups is 1. The van der Waals surface area contributed by atoms with Crippen LogP contribution in [0.15, 0.2) is 53.9 Å². The van der Waals surface area contributed by atoms with E-state index in [4.69, 9.17) is 4.98 Å². The predicted octanol–water partition coefficient (Wildman–Crippen LogP) is 4.16. The summed E-state index contributed by atoms with van der Waals surface area (Å²) >= 11 is 1.50. The third kappa shape index (κ3) is 4.47. The first-order chi connectivity index (χ1) is 14.5. The van der Waals surface area contributed by atoms with E-state index in [0.717, 1.165) is 55.4 Å². The van der Waals surface area contributed by atoms with Crippen LogP contribution < -0.4 is 9.80 Å². The van der Waals surface area contributed by atoms with Crippen LogP contribution in [-0.2, 0) is 11.3 Å². The van der Waals surface area contributed by atoms with Crippen molar-refractivity contribution in [3.63, 3.8) is 0 Å². The average Bonchev–Trinajstić information content (AvgIpc) is 3.17. The number of hydrogen-bond acceptors (Lipinski definition) is 6. The van der Waals surface area contributed by atoms with Gasteiger partial charge in [-0.1, -0.05) is 24.3 Å². The summed E-state index contributed by atoms with van der Waals surface area (Å²) in [6, 6.07) is 15.4. The first-order valence-electron chi connectivity index (χ1n) is 10.1. The Hall–Kier alpha value is -2.90. The summed E-state index contributed by atoms with van der Waals surface area (Å²) in [5, 5.41) is 12.8. The van der Waals surface area contributed by atoms with Crippen molar-refractivity contribution in [2.24, 2.45) is 0 Å². The van der Waals surface area contributed by atoms with Crippen molar-refractivity contribution >= 4 is 33.8 Å². The third-order valence-corrected chi connectivity index (χ3v) is 6.16. The number of aryl methyl sites for hydroxylation is 1. The SMILES string of the molecule is CC(=O)N(c1cccc(C)c1)c1nc(CN2CCN(c3ccccc3O)CC2)cs1. The average molecular weight is 423 g/mol. The quantitative estimate of drug-likeness (QED) is 0.669. The van der Waals surface area contributed by atoms with E-state index in [0.29, 0.717) is 10.9 Å². The third-order valence-electron chi connectivity index (χ3n) is 5.29. The van der Waals surface area contributed by atoms with Gasteiger partial charge in [-0.3, -0.25) is 14.6 Å². The molecule has 0 unspecified atom stereocenters. The van der Waals surface area contributed by atoms with Gasteiger partial charge in [0.1, 0.15) is 5.75 Å². The molecule has 156 valence electrons. The number of amides is 1. The highest BCUT2D eigenvalue weighted by Gasteiger charge is 2.22. The van der Waals surface area contributed by atoms with Gasteiger partial charge in [-0.2, -0.15) is 0 Å². The molecule has 2 heterocycles. The minimum Gasteiger partial charge on any atom is -0.506 e. The van der Waals surface area contributed by atoms with Gasteiger partial charge >= 0.3 is 0 Å². The van der Waals surface area contributed by atoms with Gasteiger partial charge in [-0.05, 0) is 36.8 Å². The van der Waals surface area contributed by atoms with Gasteiger partial charge in [0.05, 0.1) is 17.1 Å². The molecule has 1 aliphatic heterocycles. The van der Waals surface area contributed by atoms with Crippen LogP contribution in [0.5, 0.6) is 5.75 Å². The molecule has 1 N–H and O–H groups in total. The number of thiazole rings is 1. The molecule has 1 fully saturated rings. The number of aromatic hydroxyl groups is 1. The van der Waals surface area contributed by atoms with Crippen molar-refractivity contribution < 1.29 is 9.90 Å². The zero-order valence-electron chi connectivity index (χ0n) is 17.3. The topological polar surface area (TPSA) is 59.9 Å². The maximum absolute atomic E-state index is 12.3. The lowest BCUT2D eigenvalue weighted by Crippen LogP contribution is -2.46. The Morgan fingerprint density at radius 2 is 1.90 bits per heavy atom. The summed E-state index contributed by atoms with van der Waals surface area (Å²) in [4.78, 5) is 23.3. The number of carbonyl (C=O) groups excluding carboxylic acids is 1. The van der Waals surface area contributed by atoms with E-state index in [-0.39, 0.29) is 5.91 Å². The molecular formula is C23H26N4O2S. The second-order valence-corrected chi connectivity index (χ2v) is 8.40. The van der Waals surface area contributed by atoms with Crippen molar-refractivity contribution in [3.8, 4) is 5.75 Å². The van der Waals surface area contributed by atoms with Gasteiger partial charge in [0.25, 0.3) is 0 Å². The second kappa shape index (κ2) is 8.85. The molecule has 0 aliphatic carbocycles. The van der Waals surface area contributed by atoms with Gasteiger partial charge in [0, 0.05) is 45.0 Å². The van der Waals surface area contributed by atoms with Gasteiger partial charge in [-0.25, -0.2) is 4.98 Å². The normalized spacial score (nSPS) is 14.7. The molecule has 4 rings (SSSR count). The van der Waals surface area contributed by atoms with Crippen molar-refractivity contribution in [2.45, 2.75) is 20.4 Å². The van der Waals surface area contributed by atoms with Gasteiger partial charge in [0.15, 0.2) is 5.13 Å². The van der Waals surface area contributed by atoms with Crippen LogP contribution in [0.2, 0.25) is 0 Å². The predicted molar refractivity (Wildman–Crippen MR) is 122 cm³/mol. The molecule has 1 amide bonds. The Kier molecular flexibility index (Phi) is 6.01. The van der Waals surface area contributed by atoms with Crippen molar-refractivity contribution in [1.82, 2.24) is 9.88 Å². The fourth-order valence-electron chi connectivity index (χ4n) is 3.77. The van der Waals surface area contributed by atoms with E-state index in [9.17, 15) is 9.90 Å². The Labute approximate surface area is 181 Å². The molecule has 30 heavy (non-hydrogen) atoms. The van der Waals surface area contributed by atoms with Crippen molar-refractivity contribution in [2.75, 3.05) is 36.0 Å². The monoisotopic (exact) mass is 422 g/mol. The smallest absolute Gasteiger partial charge is 0.230 e. The highest BCUT2D eigenvalue weighted by atomic mass is 32.1. The number of benzene rings is 2. The number of rotatable bonds is 5. The highest BCUT2D eigenvalue weighted by molar-refractivity contribution is 7.14. The van der Waals surface area contributed by atoms with Crippen molar-refractivity contribution in [3.05, 3.63) is 65.2 Å². The van der Waals surface area contributed by atoms with Crippen LogP contribution in [0.25, 0.3) is 0 Å². The minimum atomic E-state index is -0.0437. The Morgan fingerprint density at radius 3 is 2.60 bits per heavy atom. The van der Waals surface area contributed by atoms with Crippen LogP contribution in [0.4, 0.5) is 16.5 Å². The van der Waals surface area contributed by atoms with Gasteiger partial charge in [0.2, 0.25) is 5.91 Å². The molecule has 2 aromatic carbocycles. The number of anilines is 3. The van der Waals surface area contributed by atoms with E-state index in [1.807, 2.05) is 54.8 Å². The fourth-order valence-corrected chi connectivity index (χ4v) is 4.65. The van der Waals surface area contributed by atoms with Crippen molar-refractivity contribution in [1.29, 1.82) is 0 Å². The summed E-state index contributed by atoms with van der Waals surface area (Å²) in [5.74, 6) is 0.286. The summed E-state index contributed by atoms with van der Waals surface area (Å²) in [7, 11) is 0. The molecule has 0 saturated carbocycles. The highest BCUT2D eigenvalue weighted by Crippen LogP contribution is 2.30. The maximum Gasteiger partial charge on any atom is 0.230 e. The molecule has 0 radical (unpaired) electrons. The first kappa shape index (κ1) is 20.4. The summed E-state index contributed by atoms with van der Waals surface area (Å²) in [6.45, 7) is 7.86. The van der Waals surface area contributed by atoms with Gasteiger partial charge < -0.3 is 10.0 Å². The first-order valence-corrected chi connectivity index (χ1v) is 11.0. The number of phenolic OH excluding ortho intramolecular Hbond substituents is 1. The largest absolute Gasteiger partial charge is 0.506 e. The molecule has 1 saturated heterocycles. The zero-order valence-corrected chi connectivity index (χ0v) is 18.1. The van der Waals surface area contributed by atoms with Crippen LogP contribution in [0.3, 0.4) is 0 Å². The van der Waals surface area contributed by atoms with E-state index >= 15 is 0 Å². The summed E-state index contributed by atoms with van der Waals surface area (Å²) in [5.41, 5.74) is 3.82. The Balaban J connectivity index is 1.41. The lowest BCUT2D eigenvalue weighted by Gasteiger charge is -2.36. The second-order valence-electron chi connectivity index (χ2n) is 7.57. The van der Waals surface area contributed by atoms with E-state index < -0.39 is 0 Å². The number of para-hydroxylation sites is 2. The maximum atomic E-state index is 12.3. The number of piperazine rings is 1. The van der Waals surface area contributed by atoms with Gasteiger partial charge in [-0.15, -0.1) is 11.3 Å². The lowest BCUT2D eigenvalue weighted by atomic mass is 10.2. The van der Waals surface area contributed by atoms with E-state index in [1.165, 1.54) is 11.3 Å². The molecule has 1 aromatic heterocycles. The molecule has 7 heteroatoms. The zero-order chi connectivity index (χ0) is 21.1. The van der Waals surface area contributed by atoms with Crippen LogP contribution in [0, 0.1) is 6.92 Å². The van der Waals surface area contributed by atoms with Crippen LogP contribution in [-0.4, -0.2) is 47.1 Å². The fraction of sp³-hybridized carbons (Fsp3) is 0.304. The summed E-state index contributed by atoms with van der Waals surface area (Å²) < 4.78 is 0. The molecular weight excluding hydrogens is 396 g/mol. The number of phenols is 1. The standard InChI is InChI=1S/C23H26N4O2S/c1-17-6-5-7-20(14-17)27(18(2)28)23-24-19(16-30-23)15-25-10-12-26(13-11-25)21-8-3-4-9-22(21)29/h3-9,14,16,29H,10-13,15H2,1-2H3. The molecule has 1 aliphatic rings. The van der Waals surface area contributed by atoms with E-state index in [2.05, 4.69) is 9.80 Å². The minimum absolute atomic E-state index is 0.0437. The molecule has 3 aromatic rings. The molecule has 6 nitrogen and oxygen atoms in total. The Bertz CT molecular complexity index is 1030. The Morgan fingerprint density at radius 1 is 1.13 bits per heavy atom.